The maximum atomic E-state index is 12.8. The molecule has 1 fully saturated rings. The van der Waals surface area contributed by atoms with Gasteiger partial charge in [0.2, 0.25) is 5.91 Å². The van der Waals surface area contributed by atoms with Crippen molar-refractivity contribution in [2.24, 2.45) is 11.7 Å². The second-order valence-electron chi connectivity index (χ2n) is 6.71. The number of methoxy groups -OCH3 is 1. The topological polar surface area (TPSA) is 122 Å². The van der Waals surface area contributed by atoms with Crippen LogP contribution < -0.4 is 11.1 Å². The molecule has 1 saturated heterocycles. The lowest BCUT2D eigenvalue weighted by atomic mass is 9.88. The van der Waals surface area contributed by atoms with E-state index >= 15 is 0 Å². The van der Waals surface area contributed by atoms with Gasteiger partial charge in [-0.3, -0.25) is 19.8 Å². The molecule has 7 heteroatoms. The Morgan fingerprint density at radius 3 is 2.07 bits per heavy atom. The third-order valence-electron chi connectivity index (χ3n) is 4.84. The molecule has 7 nitrogen and oxygen atoms in total. The highest BCUT2D eigenvalue weighted by Gasteiger charge is 2.35. The third-order valence-corrected chi connectivity index (χ3v) is 4.84. The summed E-state index contributed by atoms with van der Waals surface area (Å²) in [6, 6.07) is 13.5. The van der Waals surface area contributed by atoms with Crippen molar-refractivity contribution in [2.45, 2.75) is 18.9 Å². The van der Waals surface area contributed by atoms with E-state index in [9.17, 15) is 14.4 Å². The van der Waals surface area contributed by atoms with Gasteiger partial charge in [0.25, 0.3) is 0 Å². The van der Waals surface area contributed by atoms with Crippen LogP contribution in [0.3, 0.4) is 0 Å². The number of piperidine rings is 1. The van der Waals surface area contributed by atoms with E-state index in [1.165, 1.54) is 7.11 Å². The third kappa shape index (κ3) is 4.09. The quantitative estimate of drug-likeness (QED) is 0.317. The van der Waals surface area contributed by atoms with Crippen molar-refractivity contribution in [3.8, 4) is 11.1 Å². The fourth-order valence-corrected chi connectivity index (χ4v) is 3.29. The van der Waals surface area contributed by atoms with Crippen LogP contribution >= 0.6 is 0 Å². The van der Waals surface area contributed by atoms with Gasteiger partial charge in [0.05, 0.1) is 19.1 Å². The van der Waals surface area contributed by atoms with E-state index in [0.717, 1.165) is 11.1 Å². The molecule has 0 saturated carbocycles. The second-order valence-corrected chi connectivity index (χ2v) is 6.71. The number of nitrogens with two attached hydrogens (primary N) is 1. The Morgan fingerprint density at radius 2 is 1.57 bits per heavy atom. The van der Waals surface area contributed by atoms with E-state index in [-0.39, 0.29) is 30.4 Å². The normalized spacial score (nSPS) is 18.8. The number of carbonyl (C=O) groups is 3. The van der Waals surface area contributed by atoms with Gasteiger partial charge in [-0.2, -0.15) is 0 Å². The van der Waals surface area contributed by atoms with Crippen LogP contribution in [0.1, 0.15) is 28.8 Å². The standard InChI is InChI=1S/C21H21N3O4/c1-28-21(27)16-10-17(24-18(25)11-16)19(26)14-6-2-12(3-7-14)13-4-8-15(9-5-13)20(22)23/h2-9,16-17H,10-11H2,1H3,(H3,22,23)(H,24,25)/t16-,17+/m1/s1. The number of esters is 1. The van der Waals surface area contributed by atoms with Crippen LogP contribution in [0.15, 0.2) is 48.5 Å². The van der Waals surface area contributed by atoms with Gasteiger partial charge in [0.1, 0.15) is 5.84 Å². The van der Waals surface area contributed by atoms with Crippen molar-refractivity contribution in [2.75, 3.05) is 7.11 Å². The molecule has 0 bridgehead atoms. The van der Waals surface area contributed by atoms with Gasteiger partial charge in [-0.05, 0) is 17.5 Å². The number of amides is 1. The van der Waals surface area contributed by atoms with Crippen LogP contribution in [0.5, 0.6) is 0 Å². The lowest BCUT2D eigenvalue weighted by Gasteiger charge is -2.27. The van der Waals surface area contributed by atoms with Gasteiger partial charge in [0, 0.05) is 17.5 Å². The van der Waals surface area contributed by atoms with Gasteiger partial charge in [-0.25, -0.2) is 0 Å². The molecule has 2 atom stereocenters. The lowest BCUT2D eigenvalue weighted by molar-refractivity contribution is -0.149. The highest BCUT2D eigenvalue weighted by Crippen LogP contribution is 2.24. The zero-order chi connectivity index (χ0) is 20.3. The van der Waals surface area contributed by atoms with Crippen LogP contribution in [-0.4, -0.2) is 36.6 Å². The van der Waals surface area contributed by atoms with Crippen LogP contribution in [0.25, 0.3) is 11.1 Å². The minimum absolute atomic E-state index is 0.00674. The molecule has 2 aromatic rings. The molecular weight excluding hydrogens is 358 g/mol. The van der Waals surface area contributed by atoms with Crippen molar-refractivity contribution in [1.82, 2.24) is 5.32 Å². The van der Waals surface area contributed by atoms with Crippen LogP contribution in [-0.2, 0) is 14.3 Å². The number of rotatable bonds is 5. The highest BCUT2D eigenvalue weighted by molar-refractivity contribution is 6.03. The number of nitrogens with one attached hydrogen (secondary N) is 2. The van der Waals surface area contributed by atoms with E-state index in [4.69, 9.17) is 15.9 Å². The molecule has 1 amide bonds. The molecule has 0 radical (unpaired) electrons. The van der Waals surface area contributed by atoms with Crippen LogP contribution in [0.4, 0.5) is 0 Å². The number of hydrogen-bond acceptors (Lipinski definition) is 5. The van der Waals surface area contributed by atoms with Crippen LogP contribution in [0.2, 0.25) is 0 Å². The smallest absolute Gasteiger partial charge is 0.309 e. The van der Waals surface area contributed by atoms with Crippen LogP contribution in [0, 0.1) is 11.3 Å². The average molecular weight is 379 g/mol. The summed E-state index contributed by atoms with van der Waals surface area (Å²) in [7, 11) is 1.27. The van der Waals surface area contributed by atoms with Gasteiger partial charge < -0.3 is 15.8 Å². The van der Waals surface area contributed by atoms with Crippen molar-refractivity contribution >= 4 is 23.5 Å². The van der Waals surface area contributed by atoms with Crippen molar-refractivity contribution in [1.29, 1.82) is 5.41 Å². The number of ketones is 1. The second kappa shape index (κ2) is 8.04. The Labute approximate surface area is 162 Å². The van der Waals surface area contributed by atoms with Crippen molar-refractivity contribution in [3.63, 3.8) is 0 Å². The summed E-state index contributed by atoms with van der Waals surface area (Å²) in [5, 5.41) is 10.1. The summed E-state index contributed by atoms with van der Waals surface area (Å²) in [5.41, 5.74) is 8.40. The Morgan fingerprint density at radius 1 is 1.04 bits per heavy atom. The Balaban J connectivity index is 1.75. The number of ether oxygens (including phenoxy) is 1. The van der Waals surface area contributed by atoms with Gasteiger partial charge >= 0.3 is 5.97 Å². The molecule has 0 aliphatic carbocycles. The first-order valence-electron chi connectivity index (χ1n) is 8.85. The zero-order valence-electron chi connectivity index (χ0n) is 15.4. The molecule has 28 heavy (non-hydrogen) atoms. The van der Waals surface area contributed by atoms with Crippen molar-refractivity contribution in [3.05, 3.63) is 59.7 Å². The average Bonchev–Trinajstić information content (AvgIpc) is 2.72. The maximum Gasteiger partial charge on any atom is 0.309 e. The minimum atomic E-state index is -0.744. The molecule has 2 aromatic carbocycles. The molecule has 1 aliphatic rings. The van der Waals surface area contributed by atoms with Gasteiger partial charge in [-0.1, -0.05) is 48.5 Å². The van der Waals surface area contributed by atoms with Crippen molar-refractivity contribution < 1.29 is 19.1 Å². The summed E-state index contributed by atoms with van der Waals surface area (Å²) in [4.78, 5) is 36.4. The summed E-state index contributed by atoms with van der Waals surface area (Å²) in [6.07, 6.45) is 0.261. The van der Waals surface area contributed by atoms with E-state index < -0.39 is 17.9 Å². The molecule has 0 unspecified atom stereocenters. The predicted molar refractivity (Wildman–Crippen MR) is 104 cm³/mol. The predicted octanol–water partition coefficient (Wildman–Crippen LogP) is 1.89. The number of carbonyl (C=O) groups excluding carboxylic acids is 3. The molecule has 0 aromatic heterocycles. The Hall–Kier alpha value is -3.48. The Bertz CT molecular complexity index is 920. The fraction of sp³-hybridized carbons (Fsp3) is 0.238. The molecular formula is C21H21N3O4. The monoisotopic (exact) mass is 379 g/mol. The van der Waals surface area contributed by atoms with Gasteiger partial charge in [0.15, 0.2) is 5.78 Å². The summed E-state index contributed by atoms with van der Waals surface area (Å²) in [6.45, 7) is 0. The largest absolute Gasteiger partial charge is 0.469 e. The summed E-state index contributed by atoms with van der Waals surface area (Å²) in [5.74, 6) is -1.64. The first kappa shape index (κ1) is 19.3. The number of nitrogen functional groups attached to an aromatic ring is 1. The first-order valence-corrected chi connectivity index (χ1v) is 8.85. The molecule has 144 valence electrons. The fourth-order valence-electron chi connectivity index (χ4n) is 3.29. The van der Waals surface area contributed by atoms with E-state index in [1.807, 2.05) is 24.3 Å². The molecule has 3 rings (SSSR count). The molecule has 1 heterocycles. The summed E-state index contributed by atoms with van der Waals surface area (Å²) < 4.78 is 4.71. The minimum Gasteiger partial charge on any atom is -0.469 e. The number of amidine groups is 1. The number of hydrogen-bond donors (Lipinski definition) is 3. The summed E-state index contributed by atoms with van der Waals surface area (Å²) >= 11 is 0. The maximum absolute atomic E-state index is 12.8. The molecule has 4 N–H and O–H groups in total. The highest BCUT2D eigenvalue weighted by atomic mass is 16.5. The Kier molecular flexibility index (Phi) is 5.54. The lowest BCUT2D eigenvalue weighted by Crippen LogP contribution is -2.48. The zero-order valence-corrected chi connectivity index (χ0v) is 15.4. The van der Waals surface area contributed by atoms with Gasteiger partial charge in [-0.15, -0.1) is 0 Å². The molecule has 1 aliphatic heterocycles. The van der Waals surface area contributed by atoms with E-state index in [1.54, 1.807) is 24.3 Å². The van der Waals surface area contributed by atoms with E-state index in [0.29, 0.717) is 11.1 Å². The number of Topliss-reactive ketones (excluding diaryl/α,β-unsaturated/α-hetero) is 1. The SMILES string of the molecule is COC(=O)[C@H]1CC(=O)N[C@H](C(=O)c2ccc(-c3ccc(C(=N)N)cc3)cc2)C1. The molecule has 0 spiro atoms. The first-order chi connectivity index (χ1) is 13.4. The number of benzene rings is 2. The van der Waals surface area contributed by atoms with E-state index in [2.05, 4.69) is 5.32 Å².